The monoisotopic (exact) mass is 254 g/mol. The van der Waals surface area contributed by atoms with E-state index in [-0.39, 0.29) is 18.6 Å². The van der Waals surface area contributed by atoms with Gasteiger partial charge in [0, 0.05) is 18.4 Å². The largest absolute Gasteiger partial charge is 0.394 e. The van der Waals surface area contributed by atoms with E-state index in [0.29, 0.717) is 17.1 Å². The molecule has 2 rings (SSSR count). The fourth-order valence-electron chi connectivity index (χ4n) is 2.13. The minimum Gasteiger partial charge on any atom is -0.394 e. The van der Waals surface area contributed by atoms with Crippen LogP contribution in [-0.2, 0) is 0 Å². The topological polar surface area (TPSA) is 53.4 Å². The Morgan fingerprint density at radius 1 is 1.71 bits per heavy atom. The van der Waals surface area contributed by atoms with E-state index in [2.05, 4.69) is 4.98 Å². The summed E-state index contributed by atoms with van der Waals surface area (Å²) in [6.45, 7) is 2.50. The second-order valence-electron chi connectivity index (χ2n) is 4.28. The third kappa shape index (κ3) is 2.42. The van der Waals surface area contributed by atoms with E-state index >= 15 is 0 Å². The fraction of sp³-hybridized carbons (Fsp3) is 0.500. The van der Waals surface area contributed by atoms with E-state index < -0.39 is 0 Å². The molecule has 1 aromatic rings. The first-order valence-corrected chi connectivity index (χ1v) is 6.05. The number of carbonyl (C=O) groups excluding carboxylic acids is 1. The molecule has 4 nitrogen and oxygen atoms in total. The molecule has 0 radical (unpaired) electrons. The van der Waals surface area contributed by atoms with E-state index in [1.54, 1.807) is 11.0 Å². The minimum atomic E-state index is -0.140. The summed E-state index contributed by atoms with van der Waals surface area (Å²) in [5, 5.41) is 9.63. The highest BCUT2D eigenvalue weighted by molar-refractivity contribution is 6.33. The van der Waals surface area contributed by atoms with Crippen LogP contribution in [0.2, 0.25) is 5.02 Å². The quantitative estimate of drug-likeness (QED) is 0.873. The standard InChI is InChI=1S/C12H15ClN2O2/c1-8-5-11(13)10(6-14-8)12(17)15-4-2-3-9(15)7-16/h5-6,9,16H,2-4,7H2,1H3/t9-/m0/s1. The van der Waals surface area contributed by atoms with Crippen LogP contribution in [0.25, 0.3) is 0 Å². The second kappa shape index (κ2) is 5.02. The zero-order chi connectivity index (χ0) is 12.4. The zero-order valence-corrected chi connectivity index (χ0v) is 10.4. The van der Waals surface area contributed by atoms with E-state index in [0.717, 1.165) is 18.5 Å². The number of nitrogens with zero attached hydrogens (tertiary/aromatic N) is 2. The van der Waals surface area contributed by atoms with Gasteiger partial charge in [0.1, 0.15) is 0 Å². The molecule has 0 aliphatic carbocycles. The number of amides is 1. The Labute approximate surface area is 105 Å². The van der Waals surface area contributed by atoms with E-state index in [4.69, 9.17) is 11.6 Å². The molecule has 0 bridgehead atoms. The van der Waals surface area contributed by atoms with Crippen molar-refractivity contribution in [2.75, 3.05) is 13.2 Å². The Morgan fingerprint density at radius 3 is 3.12 bits per heavy atom. The highest BCUT2D eigenvalue weighted by Crippen LogP contribution is 2.23. The lowest BCUT2D eigenvalue weighted by molar-refractivity contribution is 0.0677. The van der Waals surface area contributed by atoms with Gasteiger partial charge in [-0.25, -0.2) is 0 Å². The van der Waals surface area contributed by atoms with Gasteiger partial charge in [0.2, 0.25) is 0 Å². The SMILES string of the molecule is Cc1cc(Cl)c(C(=O)N2CCC[C@H]2CO)cn1. The predicted octanol–water partition coefficient (Wildman–Crippen LogP) is 1.64. The van der Waals surface area contributed by atoms with Gasteiger partial charge in [0.15, 0.2) is 0 Å². The first kappa shape index (κ1) is 12.3. The number of aryl methyl sites for hydroxylation is 1. The van der Waals surface area contributed by atoms with Gasteiger partial charge in [-0.1, -0.05) is 11.6 Å². The molecule has 0 spiro atoms. The van der Waals surface area contributed by atoms with Crippen LogP contribution in [-0.4, -0.2) is 40.1 Å². The number of hydrogen-bond acceptors (Lipinski definition) is 3. The molecule has 1 saturated heterocycles. The summed E-state index contributed by atoms with van der Waals surface area (Å²) in [5.74, 6) is -0.140. The lowest BCUT2D eigenvalue weighted by Crippen LogP contribution is -2.37. The molecule has 1 fully saturated rings. The van der Waals surface area contributed by atoms with Gasteiger partial charge in [-0.05, 0) is 25.8 Å². The van der Waals surface area contributed by atoms with Crippen molar-refractivity contribution < 1.29 is 9.90 Å². The molecule has 17 heavy (non-hydrogen) atoms. The predicted molar refractivity (Wildman–Crippen MR) is 65.1 cm³/mol. The summed E-state index contributed by atoms with van der Waals surface area (Å²) < 4.78 is 0. The van der Waals surface area contributed by atoms with E-state index in [1.165, 1.54) is 6.20 Å². The van der Waals surface area contributed by atoms with Gasteiger partial charge >= 0.3 is 0 Å². The fourth-order valence-corrected chi connectivity index (χ4v) is 2.42. The molecule has 2 heterocycles. The minimum absolute atomic E-state index is 0.00263. The van der Waals surface area contributed by atoms with Crippen LogP contribution in [0.4, 0.5) is 0 Å². The van der Waals surface area contributed by atoms with E-state index in [9.17, 15) is 9.90 Å². The number of aliphatic hydroxyl groups excluding tert-OH is 1. The molecule has 1 aliphatic heterocycles. The lowest BCUT2D eigenvalue weighted by Gasteiger charge is -2.23. The van der Waals surface area contributed by atoms with Crippen molar-refractivity contribution in [1.29, 1.82) is 0 Å². The van der Waals surface area contributed by atoms with Crippen LogP contribution in [0.5, 0.6) is 0 Å². The molecular weight excluding hydrogens is 240 g/mol. The smallest absolute Gasteiger partial charge is 0.257 e. The van der Waals surface area contributed by atoms with Gasteiger partial charge < -0.3 is 10.0 Å². The second-order valence-corrected chi connectivity index (χ2v) is 4.69. The van der Waals surface area contributed by atoms with Crippen LogP contribution < -0.4 is 0 Å². The Kier molecular flexibility index (Phi) is 3.64. The summed E-state index contributed by atoms with van der Waals surface area (Å²) in [6, 6.07) is 1.60. The number of carbonyl (C=O) groups is 1. The van der Waals surface area contributed by atoms with Crippen LogP contribution in [0, 0.1) is 6.92 Å². The number of aliphatic hydroxyl groups is 1. The maximum absolute atomic E-state index is 12.2. The van der Waals surface area contributed by atoms with Crippen LogP contribution in [0.3, 0.4) is 0 Å². The average molecular weight is 255 g/mol. The van der Waals surface area contributed by atoms with Gasteiger partial charge in [-0.2, -0.15) is 0 Å². The summed E-state index contributed by atoms with van der Waals surface area (Å²) in [4.78, 5) is 18.0. The normalized spacial score (nSPS) is 19.7. The molecule has 1 atom stereocenters. The molecule has 0 aromatic carbocycles. The third-order valence-corrected chi connectivity index (χ3v) is 3.38. The van der Waals surface area contributed by atoms with Gasteiger partial charge in [0.05, 0.1) is 23.2 Å². The van der Waals surface area contributed by atoms with Crippen LogP contribution >= 0.6 is 11.6 Å². The van der Waals surface area contributed by atoms with Gasteiger partial charge in [0.25, 0.3) is 5.91 Å². The van der Waals surface area contributed by atoms with Crippen molar-refractivity contribution in [3.63, 3.8) is 0 Å². The van der Waals surface area contributed by atoms with Crippen molar-refractivity contribution in [2.45, 2.75) is 25.8 Å². The number of pyridine rings is 1. The van der Waals surface area contributed by atoms with E-state index in [1.807, 2.05) is 6.92 Å². The van der Waals surface area contributed by atoms with Crippen molar-refractivity contribution in [1.82, 2.24) is 9.88 Å². The third-order valence-electron chi connectivity index (χ3n) is 3.07. The summed E-state index contributed by atoms with van der Waals surface area (Å²) >= 11 is 6.04. The average Bonchev–Trinajstić information content (AvgIpc) is 2.76. The summed E-state index contributed by atoms with van der Waals surface area (Å²) in [6.07, 6.45) is 3.28. The van der Waals surface area contributed by atoms with Crippen LogP contribution in [0.15, 0.2) is 12.3 Å². The molecule has 1 aromatic heterocycles. The van der Waals surface area contributed by atoms with Crippen molar-refractivity contribution >= 4 is 17.5 Å². The maximum Gasteiger partial charge on any atom is 0.257 e. The highest BCUT2D eigenvalue weighted by Gasteiger charge is 2.29. The molecule has 92 valence electrons. The Balaban J connectivity index is 2.24. The number of halogens is 1. The molecule has 1 amide bonds. The number of likely N-dealkylation sites (tertiary alicyclic amines) is 1. The first-order chi connectivity index (χ1) is 8.13. The Morgan fingerprint density at radius 2 is 2.47 bits per heavy atom. The molecule has 0 saturated carbocycles. The van der Waals surface area contributed by atoms with Crippen molar-refractivity contribution in [3.05, 3.63) is 28.5 Å². The molecule has 0 unspecified atom stereocenters. The van der Waals surface area contributed by atoms with Gasteiger partial charge in [-0.3, -0.25) is 9.78 Å². The molecule has 1 N–H and O–H groups in total. The molecule has 5 heteroatoms. The first-order valence-electron chi connectivity index (χ1n) is 5.67. The van der Waals surface area contributed by atoms with Crippen LogP contribution in [0.1, 0.15) is 28.9 Å². The zero-order valence-electron chi connectivity index (χ0n) is 9.69. The van der Waals surface area contributed by atoms with Crippen molar-refractivity contribution in [2.24, 2.45) is 0 Å². The number of hydrogen-bond donors (Lipinski definition) is 1. The summed E-state index contributed by atoms with van der Waals surface area (Å²) in [5.41, 5.74) is 1.20. The molecule has 1 aliphatic rings. The Bertz CT molecular complexity index is 437. The number of rotatable bonds is 2. The van der Waals surface area contributed by atoms with Gasteiger partial charge in [-0.15, -0.1) is 0 Å². The Hall–Kier alpha value is -1.13. The number of aromatic nitrogens is 1. The lowest BCUT2D eigenvalue weighted by atomic mass is 10.2. The summed E-state index contributed by atoms with van der Waals surface area (Å²) in [7, 11) is 0. The van der Waals surface area contributed by atoms with Crippen molar-refractivity contribution in [3.8, 4) is 0 Å². The molecular formula is C12H15ClN2O2. The maximum atomic E-state index is 12.2. The highest BCUT2D eigenvalue weighted by atomic mass is 35.5.